The molecule has 10 heavy (non-hydrogen) atoms. The van der Waals surface area contributed by atoms with Crippen LogP contribution in [0.2, 0.25) is 0 Å². The van der Waals surface area contributed by atoms with E-state index in [1.165, 1.54) is 0 Å². The summed E-state index contributed by atoms with van der Waals surface area (Å²) in [4.78, 5) is 10.7. The Morgan fingerprint density at radius 1 is 1.60 bits per heavy atom. The van der Waals surface area contributed by atoms with Gasteiger partial charge in [0.15, 0.2) is 0 Å². The molecule has 0 heterocycles. The second kappa shape index (κ2) is 5.88. The summed E-state index contributed by atoms with van der Waals surface area (Å²) in [6.07, 6.45) is 0. The molecule has 0 fully saturated rings. The monoisotopic (exact) mass is 181 g/mol. The standard InChI is InChI=1S/C5H11NO2S2/c6-4(3-10)5(7)8-1-2-9/h4,9-10H,1-3,6H2/t4-/m0/s1. The minimum Gasteiger partial charge on any atom is -0.464 e. The van der Waals surface area contributed by atoms with Crippen LogP contribution in [0.15, 0.2) is 0 Å². The van der Waals surface area contributed by atoms with E-state index >= 15 is 0 Å². The molecular weight excluding hydrogens is 170 g/mol. The Bertz CT molecular complexity index is 110. The Hall–Kier alpha value is 0.130. The van der Waals surface area contributed by atoms with Crippen LogP contribution < -0.4 is 5.73 Å². The van der Waals surface area contributed by atoms with Gasteiger partial charge < -0.3 is 10.5 Å². The van der Waals surface area contributed by atoms with Crippen molar-refractivity contribution >= 4 is 31.2 Å². The molecule has 60 valence electrons. The Morgan fingerprint density at radius 3 is 2.60 bits per heavy atom. The van der Waals surface area contributed by atoms with Crippen LogP contribution in [0.3, 0.4) is 0 Å². The zero-order valence-electron chi connectivity index (χ0n) is 5.49. The van der Waals surface area contributed by atoms with Gasteiger partial charge in [-0.15, -0.1) is 0 Å². The maximum Gasteiger partial charge on any atom is 0.323 e. The molecule has 5 heteroatoms. The first-order valence-electron chi connectivity index (χ1n) is 2.86. The van der Waals surface area contributed by atoms with Crippen LogP contribution >= 0.6 is 25.3 Å². The number of carbonyl (C=O) groups excluding carboxylic acids is 1. The van der Waals surface area contributed by atoms with Crippen molar-refractivity contribution in [3.63, 3.8) is 0 Å². The maximum atomic E-state index is 10.7. The Morgan fingerprint density at radius 2 is 2.20 bits per heavy atom. The van der Waals surface area contributed by atoms with Crippen molar-refractivity contribution in [1.82, 2.24) is 0 Å². The van der Waals surface area contributed by atoms with E-state index in [1.807, 2.05) is 0 Å². The van der Waals surface area contributed by atoms with Crippen LogP contribution in [0, 0.1) is 0 Å². The van der Waals surface area contributed by atoms with Crippen LogP contribution in [0.4, 0.5) is 0 Å². The highest BCUT2D eigenvalue weighted by molar-refractivity contribution is 7.80. The van der Waals surface area contributed by atoms with Crippen molar-refractivity contribution in [3.05, 3.63) is 0 Å². The molecule has 0 amide bonds. The minimum atomic E-state index is -0.608. The lowest BCUT2D eigenvalue weighted by atomic mass is 10.4. The highest BCUT2D eigenvalue weighted by Crippen LogP contribution is 1.88. The first kappa shape index (κ1) is 10.1. The third kappa shape index (κ3) is 4.03. The van der Waals surface area contributed by atoms with Gasteiger partial charge in [0, 0.05) is 11.5 Å². The summed E-state index contributed by atoms with van der Waals surface area (Å²) >= 11 is 7.69. The van der Waals surface area contributed by atoms with Crippen LogP contribution in [0.25, 0.3) is 0 Å². The molecule has 2 N–H and O–H groups in total. The van der Waals surface area contributed by atoms with Gasteiger partial charge in [0.2, 0.25) is 0 Å². The number of esters is 1. The van der Waals surface area contributed by atoms with Gasteiger partial charge in [-0.3, -0.25) is 4.79 Å². The van der Waals surface area contributed by atoms with Gasteiger partial charge in [0.25, 0.3) is 0 Å². The second-order valence-corrected chi connectivity index (χ2v) is 2.49. The molecular formula is C5H11NO2S2. The summed E-state index contributed by atoms with van der Waals surface area (Å²) in [5.41, 5.74) is 5.28. The van der Waals surface area contributed by atoms with Crippen molar-refractivity contribution < 1.29 is 9.53 Å². The number of carbonyl (C=O) groups is 1. The molecule has 0 unspecified atom stereocenters. The summed E-state index contributed by atoms with van der Waals surface area (Å²) < 4.78 is 4.65. The normalized spacial score (nSPS) is 12.7. The second-order valence-electron chi connectivity index (χ2n) is 1.68. The predicted molar refractivity (Wildman–Crippen MR) is 46.6 cm³/mol. The lowest BCUT2D eigenvalue weighted by Crippen LogP contribution is -2.34. The van der Waals surface area contributed by atoms with Crippen molar-refractivity contribution in [2.75, 3.05) is 18.1 Å². The van der Waals surface area contributed by atoms with Crippen molar-refractivity contribution in [2.45, 2.75) is 6.04 Å². The molecule has 0 spiro atoms. The fourth-order valence-corrected chi connectivity index (χ4v) is 0.568. The van der Waals surface area contributed by atoms with E-state index in [0.29, 0.717) is 18.1 Å². The lowest BCUT2D eigenvalue weighted by Gasteiger charge is -2.06. The smallest absolute Gasteiger partial charge is 0.323 e. The lowest BCUT2D eigenvalue weighted by molar-refractivity contribution is -0.143. The quantitative estimate of drug-likeness (QED) is 0.413. The largest absolute Gasteiger partial charge is 0.464 e. The third-order valence-electron chi connectivity index (χ3n) is 0.835. The van der Waals surface area contributed by atoms with E-state index in [9.17, 15) is 4.79 Å². The highest BCUT2D eigenvalue weighted by atomic mass is 32.1. The van der Waals surface area contributed by atoms with Crippen LogP contribution in [0.1, 0.15) is 0 Å². The van der Waals surface area contributed by atoms with E-state index < -0.39 is 12.0 Å². The molecule has 0 aliphatic rings. The molecule has 0 rings (SSSR count). The number of hydrogen-bond acceptors (Lipinski definition) is 5. The average molecular weight is 181 g/mol. The van der Waals surface area contributed by atoms with Crippen LogP contribution in [0.5, 0.6) is 0 Å². The predicted octanol–water partition coefficient (Wildman–Crippen LogP) is -0.284. The van der Waals surface area contributed by atoms with E-state index in [1.54, 1.807) is 0 Å². The van der Waals surface area contributed by atoms with Crippen molar-refractivity contribution in [1.29, 1.82) is 0 Å². The molecule has 0 radical (unpaired) electrons. The molecule has 0 bridgehead atoms. The Labute approximate surface area is 71.1 Å². The highest BCUT2D eigenvalue weighted by Gasteiger charge is 2.11. The summed E-state index contributed by atoms with van der Waals surface area (Å²) in [5, 5.41) is 0. The van der Waals surface area contributed by atoms with E-state index in [4.69, 9.17) is 5.73 Å². The van der Waals surface area contributed by atoms with Gasteiger partial charge in [-0.25, -0.2) is 0 Å². The first-order chi connectivity index (χ1) is 4.72. The molecule has 0 saturated heterocycles. The number of hydrogen-bond donors (Lipinski definition) is 3. The SMILES string of the molecule is N[C@@H](CS)C(=O)OCCS. The molecule has 3 nitrogen and oxygen atoms in total. The first-order valence-corrected chi connectivity index (χ1v) is 4.12. The van der Waals surface area contributed by atoms with Crippen LogP contribution in [-0.4, -0.2) is 30.1 Å². The van der Waals surface area contributed by atoms with E-state index in [2.05, 4.69) is 30.0 Å². The fourth-order valence-electron chi connectivity index (χ4n) is 0.328. The van der Waals surface area contributed by atoms with Gasteiger partial charge in [0.05, 0.1) is 0 Å². The van der Waals surface area contributed by atoms with Gasteiger partial charge in [-0.2, -0.15) is 25.3 Å². The Balaban J connectivity index is 3.42. The number of rotatable bonds is 4. The summed E-state index contributed by atoms with van der Waals surface area (Å²) in [6, 6.07) is -0.608. The van der Waals surface area contributed by atoms with E-state index in [-0.39, 0.29) is 0 Å². The maximum absolute atomic E-state index is 10.7. The topological polar surface area (TPSA) is 52.3 Å². The number of thiol groups is 2. The zero-order valence-corrected chi connectivity index (χ0v) is 7.28. The molecule has 0 aromatic carbocycles. The summed E-state index contributed by atoms with van der Waals surface area (Å²) in [7, 11) is 0. The molecule has 0 aromatic rings. The Kier molecular flexibility index (Phi) is 5.96. The van der Waals surface area contributed by atoms with Crippen molar-refractivity contribution in [2.24, 2.45) is 5.73 Å². The van der Waals surface area contributed by atoms with E-state index in [0.717, 1.165) is 0 Å². The molecule has 0 aromatic heterocycles. The van der Waals surface area contributed by atoms with Gasteiger partial charge >= 0.3 is 5.97 Å². The molecule has 0 aliphatic carbocycles. The summed E-state index contributed by atoms with van der Waals surface area (Å²) in [5.74, 6) is 0.417. The zero-order chi connectivity index (χ0) is 7.98. The molecule has 0 saturated carbocycles. The van der Waals surface area contributed by atoms with Crippen LogP contribution in [-0.2, 0) is 9.53 Å². The number of nitrogens with two attached hydrogens (primary N) is 1. The average Bonchev–Trinajstić information content (AvgIpc) is 1.98. The molecule has 1 atom stereocenters. The summed E-state index contributed by atoms with van der Waals surface area (Å²) in [6.45, 7) is 0.309. The molecule has 0 aliphatic heterocycles. The number of ether oxygens (including phenoxy) is 1. The van der Waals surface area contributed by atoms with Gasteiger partial charge in [-0.05, 0) is 0 Å². The third-order valence-corrected chi connectivity index (χ3v) is 1.41. The van der Waals surface area contributed by atoms with Crippen molar-refractivity contribution in [3.8, 4) is 0 Å². The minimum absolute atomic E-state index is 0.309. The van der Waals surface area contributed by atoms with Gasteiger partial charge in [0.1, 0.15) is 12.6 Å². The fraction of sp³-hybridized carbons (Fsp3) is 0.800. The van der Waals surface area contributed by atoms with Gasteiger partial charge in [-0.1, -0.05) is 0 Å².